The highest BCUT2D eigenvalue weighted by molar-refractivity contribution is 7.92. The number of aromatic hydroxyl groups is 1. The molecule has 0 fully saturated rings. The van der Waals surface area contributed by atoms with Crippen molar-refractivity contribution in [1.29, 1.82) is 0 Å². The molecular formula is C9H13NO3S. The number of benzene rings is 1. The van der Waals surface area contributed by atoms with Crippen molar-refractivity contribution in [2.45, 2.75) is 13.8 Å². The third-order valence-corrected chi connectivity index (χ3v) is 3.16. The molecule has 0 heterocycles. The Kier molecular flexibility index (Phi) is 3.00. The molecule has 0 saturated carbocycles. The van der Waals surface area contributed by atoms with Gasteiger partial charge in [-0.25, -0.2) is 8.42 Å². The van der Waals surface area contributed by atoms with E-state index in [4.69, 9.17) is 0 Å². The molecule has 0 radical (unpaired) electrons. The van der Waals surface area contributed by atoms with E-state index >= 15 is 0 Å². The lowest BCUT2D eigenvalue weighted by molar-refractivity contribution is 0.477. The lowest BCUT2D eigenvalue weighted by Gasteiger charge is -2.10. The zero-order chi connectivity index (χ0) is 10.8. The molecule has 2 N–H and O–H groups in total. The highest BCUT2D eigenvalue weighted by Crippen LogP contribution is 2.27. The molecule has 0 aliphatic rings. The predicted octanol–water partition coefficient (Wildman–Crippen LogP) is 1.46. The molecule has 4 nitrogen and oxygen atoms in total. The van der Waals surface area contributed by atoms with Gasteiger partial charge in [0.1, 0.15) is 5.75 Å². The first-order valence-corrected chi connectivity index (χ1v) is 5.90. The van der Waals surface area contributed by atoms with Gasteiger partial charge in [0.25, 0.3) is 0 Å². The fraction of sp³-hybridized carbons (Fsp3) is 0.333. The van der Waals surface area contributed by atoms with Crippen LogP contribution in [0.25, 0.3) is 0 Å². The molecule has 0 saturated heterocycles. The van der Waals surface area contributed by atoms with Gasteiger partial charge in [-0.05, 0) is 25.5 Å². The predicted molar refractivity (Wildman–Crippen MR) is 55.9 cm³/mol. The van der Waals surface area contributed by atoms with Crippen molar-refractivity contribution in [1.82, 2.24) is 0 Å². The van der Waals surface area contributed by atoms with Crippen LogP contribution in [0.5, 0.6) is 5.75 Å². The van der Waals surface area contributed by atoms with Crippen LogP contribution in [0.1, 0.15) is 12.5 Å². The number of hydrogen-bond donors (Lipinski definition) is 2. The number of anilines is 1. The number of phenolic OH excluding ortho intramolecular Hbond substituents is 1. The highest BCUT2D eigenvalue weighted by Gasteiger charge is 2.11. The van der Waals surface area contributed by atoms with Crippen molar-refractivity contribution >= 4 is 15.7 Å². The highest BCUT2D eigenvalue weighted by atomic mass is 32.2. The summed E-state index contributed by atoms with van der Waals surface area (Å²) in [6.07, 6.45) is 0. The van der Waals surface area contributed by atoms with Crippen molar-refractivity contribution in [2.24, 2.45) is 0 Å². The fourth-order valence-electron chi connectivity index (χ4n) is 1.01. The van der Waals surface area contributed by atoms with Gasteiger partial charge in [-0.2, -0.15) is 0 Å². The summed E-state index contributed by atoms with van der Waals surface area (Å²) >= 11 is 0. The van der Waals surface area contributed by atoms with Gasteiger partial charge in [0.2, 0.25) is 10.0 Å². The van der Waals surface area contributed by atoms with Crippen molar-refractivity contribution in [3.63, 3.8) is 0 Å². The molecule has 1 aromatic rings. The minimum absolute atomic E-state index is 0.0131. The van der Waals surface area contributed by atoms with Gasteiger partial charge in [0, 0.05) is 0 Å². The van der Waals surface area contributed by atoms with Crippen molar-refractivity contribution in [3.8, 4) is 5.75 Å². The molecule has 1 aromatic carbocycles. The van der Waals surface area contributed by atoms with E-state index in [1.165, 1.54) is 13.0 Å². The van der Waals surface area contributed by atoms with Crippen LogP contribution in [0.3, 0.4) is 0 Å². The minimum Gasteiger partial charge on any atom is -0.506 e. The smallest absolute Gasteiger partial charge is 0.232 e. The topological polar surface area (TPSA) is 66.4 Å². The number of phenols is 1. The van der Waals surface area contributed by atoms with Gasteiger partial charge in [0.15, 0.2) is 0 Å². The summed E-state index contributed by atoms with van der Waals surface area (Å²) < 4.78 is 24.8. The number of hydrogen-bond acceptors (Lipinski definition) is 3. The summed E-state index contributed by atoms with van der Waals surface area (Å²) in [7, 11) is -3.33. The van der Waals surface area contributed by atoms with E-state index in [-0.39, 0.29) is 17.2 Å². The number of sulfonamides is 1. The third-order valence-electron chi connectivity index (χ3n) is 1.89. The maximum Gasteiger partial charge on any atom is 0.232 e. The lowest BCUT2D eigenvalue weighted by atomic mass is 10.2. The van der Waals surface area contributed by atoms with Crippen LogP contribution in [0.4, 0.5) is 5.69 Å². The molecule has 0 unspecified atom stereocenters. The molecule has 0 aromatic heterocycles. The Hall–Kier alpha value is -1.23. The standard InChI is InChI=1S/C9H13NO3S/c1-3-14(12,13)10-9-7(2)5-4-6-8(9)11/h4-6,10-11H,3H2,1-2H3. The second kappa shape index (κ2) is 3.88. The Balaban J connectivity index is 3.09. The molecule has 0 bridgehead atoms. The molecule has 0 atom stereocenters. The van der Waals surface area contributed by atoms with Crippen LogP contribution in [-0.2, 0) is 10.0 Å². The van der Waals surface area contributed by atoms with Crippen molar-refractivity contribution < 1.29 is 13.5 Å². The zero-order valence-corrected chi connectivity index (χ0v) is 8.93. The summed E-state index contributed by atoms with van der Waals surface area (Å²) in [5.41, 5.74) is 0.955. The average molecular weight is 215 g/mol. The average Bonchev–Trinajstić information content (AvgIpc) is 2.12. The lowest BCUT2D eigenvalue weighted by Crippen LogP contribution is -2.15. The number of aryl methyl sites for hydroxylation is 1. The number of nitrogens with one attached hydrogen (secondary N) is 1. The molecule has 0 amide bonds. The molecule has 1 rings (SSSR count). The molecule has 0 spiro atoms. The second-order valence-electron chi connectivity index (χ2n) is 2.97. The van der Waals surface area contributed by atoms with Gasteiger partial charge in [-0.15, -0.1) is 0 Å². The van der Waals surface area contributed by atoms with Crippen LogP contribution in [-0.4, -0.2) is 19.3 Å². The normalized spacial score (nSPS) is 11.3. The quantitative estimate of drug-likeness (QED) is 0.750. The largest absolute Gasteiger partial charge is 0.506 e. The maximum atomic E-state index is 11.3. The van der Waals surface area contributed by atoms with Crippen LogP contribution >= 0.6 is 0 Å². The summed E-state index contributed by atoms with van der Waals surface area (Å²) in [5.74, 6) is -0.0668. The first kappa shape index (κ1) is 10.8. The Bertz CT molecular complexity index is 405. The van der Waals surface area contributed by atoms with Crippen LogP contribution < -0.4 is 4.72 Å². The van der Waals surface area contributed by atoms with Crippen molar-refractivity contribution in [3.05, 3.63) is 23.8 Å². The monoisotopic (exact) mass is 215 g/mol. The van der Waals surface area contributed by atoms with Crippen LogP contribution in [0.2, 0.25) is 0 Å². The molecule has 14 heavy (non-hydrogen) atoms. The van der Waals surface area contributed by atoms with Gasteiger partial charge < -0.3 is 5.11 Å². The second-order valence-corrected chi connectivity index (χ2v) is 4.99. The molecule has 78 valence electrons. The van der Waals surface area contributed by atoms with E-state index in [9.17, 15) is 13.5 Å². The van der Waals surface area contributed by atoms with Gasteiger partial charge >= 0.3 is 0 Å². The van der Waals surface area contributed by atoms with Crippen LogP contribution in [0, 0.1) is 6.92 Å². The maximum absolute atomic E-state index is 11.3. The van der Waals surface area contributed by atoms with E-state index in [0.29, 0.717) is 5.56 Å². The Labute approximate surface area is 83.6 Å². The Morgan fingerprint density at radius 3 is 2.57 bits per heavy atom. The first-order chi connectivity index (χ1) is 6.46. The van der Waals surface area contributed by atoms with Gasteiger partial charge in [-0.3, -0.25) is 4.72 Å². The Morgan fingerprint density at radius 2 is 2.07 bits per heavy atom. The number of para-hydroxylation sites is 1. The summed E-state index contributed by atoms with van der Waals surface area (Å²) in [4.78, 5) is 0. The fourth-order valence-corrected chi connectivity index (χ4v) is 1.73. The zero-order valence-electron chi connectivity index (χ0n) is 8.11. The molecular weight excluding hydrogens is 202 g/mol. The minimum atomic E-state index is -3.33. The summed E-state index contributed by atoms with van der Waals surface area (Å²) in [6.45, 7) is 3.27. The van der Waals surface area contributed by atoms with E-state index in [1.807, 2.05) is 0 Å². The third kappa shape index (κ3) is 2.38. The first-order valence-electron chi connectivity index (χ1n) is 4.25. The van der Waals surface area contributed by atoms with Gasteiger partial charge in [-0.1, -0.05) is 12.1 Å². The van der Waals surface area contributed by atoms with E-state index in [2.05, 4.69) is 4.72 Å². The van der Waals surface area contributed by atoms with Crippen LogP contribution in [0.15, 0.2) is 18.2 Å². The summed E-state index contributed by atoms with van der Waals surface area (Å²) in [6, 6.07) is 4.84. The Morgan fingerprint density at radius 1 is 1.43 bits per heavy atom. The van der Waals surface area contributed by atoms with E-state index < -0.39 is 10.0 Å². The SMILES string of the molecule is CCS(=O)(=O)Nc1c(C)cccc1O. The van der Waals surface area contributed by atoms with Gasteiger partial charge in [0.05, 0.1) is 11.4 Å². The molecule has 5 heteroatoms. The number of rotatable bonds is 3. The summed E-state index contributed by atoms with van der Waals surface area (Å²) in [5, 5.41) is 9.42. The van der Waals surface area contributed by atoms with Crippen molar-refractivity contribution in [2.75, 3.05) is 10.5 Å². The van der Waals surface area contributed by atoms with E-state index in [1.54, 1.807) is 19.1 Å². The van der Waals surface area contributed by atoms with E-state index in [0.717, 1.165) is 0 Å². The molecule has 0 aliphatic heterocycles. The molecule has 0 aliphatic carbocycles.